The number of halogens is 1. The minimum Gasteiger partial charge on any atom is -0.390 e. The number of hydrogen-bond donors (Lipinski definition) is 0. The van der Waals surface area contributed by atoms with Gasteiger partial charge in [-0.15, -0.1) is 5.10 Å². The number of nitrogens with zero attached hydrogens (tertiary/aromatic N) is 8. The Morgan fingerprint density at radius 2 is 2.09 bits per heavy atom. The molecule has 0 aliphatic carbocycles. The standard InChI is InChI=1S/C23H21FN8O2S/c1-14-12-27-32-21(14)20-19(13-34-32)35-22(28-20)29-4-6-30(7-5-29)23(33)31-18(2-3-26-31)16-8-15(11-25)9-17(24)10-16/h3,8-10,12,18H,2,4-7,13H2,1H3/t18-/m0/s1. The van der Waals surface area contributed by atoms with Crippen LogP contribution in [0.4, 0.5) is 14.3 Å². The van der Waals surface area contributed by atoms with Crippen molar-refractivity contribution in [2.75, 3.05) is 31.1 Å². The zero-order valence-electron chi connectivity index (χ0n) is 18.9. The van der Waals surface area contributed by atoms with Crippen LogP contribution < -0.4 is 9.74 Å². The van der Waals surface area contributed by atoms with Gasteiger partial charge in [-0.2, -0.15) is 10.4 Å². The number of nitriles is 1. The van der Waals surface area contributed by atoms with Crippen LogP contribution in [-0.2, 0) is 6.61 Å². The average molecular weight is 493 g/mol. The predicted octanol–water partition coefficient (Wildman–Crippen LogP) is 2.94. The van der Waals surface area contributed by atoms with Gasteiger partial charge in [0, 0.05) is 44.4 Å². The van der Waals surface area contributed by atoms with Gasteiger partial charge in [-0.3, -0.25) is 0 Å². The number of benzene rings is 1. The molecule has 3 aromatic rings. The largest absolute Gasteiger partial charge is 0.390 e. The molecule has 1 aromatic carbocycles. The van der Waals surface area contributed by atoms with E-state index >= 15 is 0 Å². The summed E-state index contributed by atoms with van der Waals surface area (Å²) in [6, 6.07) is 5.47. The molecule has 0 saturated carbocycles. The first kappa shape index (κ1) is 21.5. The van der Waals surface area contributed by atoms with E-state index < -0.39 is 11.9 Å². The van der Waals surface area contributed by atoms with Crippen molar-refractivity contribution in [1.29, 1.82) is 5.26 Å². The molecule has 1 atom stereocenters. The highest BCUT2D eigenvalue weighted by Gasteiger charge is 2.34. The highest BCUT2D eigenvalue weighted by atomic mass is 32.1. The van der Waals surface area contributed by atoms with E-state index in [0.29, 0.717) is 44.8 Å². The van der Waals surface area contributed by atoms with E-state index in [4.69, 9.17) is 9.82 Å². The second-order valence-corrected chi connectivity index (χ2v) is 9.69. The van der Waals surface area contributed by atoms with E-state index in [0.717, 1.165) is 27.0 Å². The predicted molar refractivity (Wildman–Crippen MR) is 126 cm³/mol. The summed E-state index contributed by atoms with van der Waals surface area (Å²) < 4.78 is 14.0. The summed E-state index contributed by atoms with van der Waals surface area (Å²) in [7, 11) is 0. The summed E-state index contributed by atoms with van der Waals surface area (Å²) in [5.74, 6) is -0.498. The van der Waals surface area contributed by atoms with Crippen LogP contribution in [0.1, 0.15) is 34.0 Å². The van der Waals surface area contributed by atoms with Gasteiger partial charge in [0.2, 0.25) is 0 Å². The third-order valence-electron chi connectivity index (χ3n) is 6.43. The van der Waals surface area contributed by atoms with Gasteiger partial charge in [0.15, 0.2) is 11.7 Å². The molecule has 3 aliphatic rings. The fourth-order valence-electron chi connectivity index (χ4n) is 4.64. The number of hydrogen-bond acceptors (Lipinski definition) is 8. The van der Waals surface area contributed by atoms with E-state index in [-0.39, 0.29) is 11.6 Å². The number of piperazine rings is 1. The highest BCUT2D eigenvalue weighted by Crippen LogP contribution is 2.37. The number of urea groups is 1. The third-order valence-corrected chi connectivity index (χ3v) is 7.52. The Morgan fingerprint density at radius 1 is 1.26 bits per heavy atom. The van der Waals surface area contributed by atoms with Gasteiger partial charge in [0.1, 0.15) is 17.2 Å². The first-order valence-corrected chi connectivity index (χ1v) is 12.1. The Morgan fingerprint density at radius 3 is 2.89 bits per heavy atom. The van der Waals surface area contributed by atoms with Gasteiger partial charge >= 0.3 is 6.03 Å². The second kappa shape index (κ2) is 8.35. The summed E-state index contributed by atoms with van der Waals surface area (Å²) >= 11 is 1.60. The normalized spacial score (nSPS) is 18.8. The summed E-state index contributed by atoms with van der Waals surface area (Å²) in [4.78, 5) is 30.4. The fourth-order valence-corrected chi connectivity index (χ4v) is 5.66. The van der Waals surface area contributed by atoms with Crippen molar-refractivity contribution in [2.45, 2.75) is 26.0 Å². The zero-order chi connectivity index (χ0) is 24.1. The molecule has 3 aliphatic heterocycles. The number of aromatic nitrogens is 3. The number of carbonyl (C=O) groups is 1. The number of carbonyl (C=O) groups excluding carboxylic acids is 1. The van der Waals surface area contributed by atoms with Gasteiger partial charge in [0.25, 0.3) is 0 Å². The molecule has 6 rings (SSSR count). The number of amides is 2. The molecule has 0 bridgehead atoms. The average Bonchev–Trinajstić information content (AvgIpc) is 3.61. The Balaban J connectivity index is 1.15. The van der Waals surface area contributed by atoms with Gasteiger partial charge in [0.05, 0.1) is 28.7 Å². The minimum absolute atomic E-state index is 0.225. The smallest absolute Gasteiger partial charge is 0.341 e. The van der Waals surface area contributed by atoms with E-state index in [1.165, 1.54) is 22.0 Å². The first-order valence-electron chi connectivity index (χ1n) is 11.3. The molecule has 0 unspecified atom stereocenters. The van der Waals surface area contributed by atoms with E-state index in [1.807, 2.05) is 13.0 Å². The molecule has 5 heterocycles. The third kappa shape index (κ3) is 3.68. The summed E-state index contributed by atoms with van der Waals surface area (Å²) in [6.07, 6.45) is 3.90. The van der Waals surface area contributed by atoms with Gasteiger partial charge in [-0.1, -0.05) is 16.2 Å². The van der Waals surface area contributed by atoms with E-state index in [9.17, 15) is 14.4 Å². The number of thiazole rings is 1. The number of aryl methyl sites for hydroxylation is 1. The lowest BCUT2D eigenvalue weighted by atomic mass is 10.0. The summed E-state index contributed by atoms with van der Waals surface area (Å²) in [5.41, 5.74) is 3.60. The quantitative estimate of drug-likeness (QED) is 0.545. The van der Waals surface area contributed by atoms with Crippen molar-refractivity contribution in [3.05, 3.63) is 51.8 Å². The molecule has 178 valence electrons. The molecule has 2 aromatic heterocycles. The van der Waals surface area contributed by atoms with Crippen LogP contribution in [0.2, 0.25) is 0 Å². The van der Waals surface area contributed by atoms with Gasteiger partial charge in [-0.25, -0.2) is 19.2 Å². The molecule has 1 fully saturated rings. The number of rotatable bonds is 2. The van der Waals surface area contributed by atoms with Crippen molar-refractivity contribution in [3.8, 4) is 17.5 Å². The Kier molecular flexibility index (Phi) is 5.14. The van der Waals surface area contributed by atoms with Crippen molar-refractivity contribution >= 4 is 28.7 Å². The van der Waals surface area contributed by atoms with Crippen molar-refractivity contribution in [2.24, 2.45) is 5.10 Å². The zero-order valence-corrected chi connectivity index (χ0v) is 19.7. The van der Waals surface area contributed by atoms with Crippen molar-refractivity contribution in [3.63, 3.8) is 0 Å². The summed E-state index contributed by atoms with van der Waals surface area (Å²) in [6.45, 7) is 4.72. The molecule has 35 heavy (non-hydrogen) atoms. The van der Waals surface area contributed by atoms with Crippen molar-refractivity contribution < 1.29 is 14.0 Å². The SMILES string of the molecule is Cc1cnn2c1-c1nc(N3CCN(C(=O)N4N=CC[C@H]4c4cc(F)cc(C#N)c4)CC3)sc1CO2. The van der Waals surface area contributed by atoms with E-state index in [1.54, 1.807) is 34.7 Å². The topological polar surface area (TPSA) is 103 Å². The molecule has 0 radical (unpaired) electrons. The van der Waals surface area contributed by atoms with E-state index in [2.05, 4.69) is 15.1 Å². The molecular weight excluding hydrogens is 471 g/mol. The Labute approximate surface area is 204 Å². The van der Waals surface area contributed by atoms with Crippen LogP contribution in [-0.4, -0.2) is 63.3 Å². The second-order valence-electron chi connectivity index (χ2n) is 8.63. The maximum Gasteiger partial charge on any atom is 0.341 e. The highest BCUT2D eigenvalue weighted by molar-refractivity contribution is 7.16. The molecule has 2 amide bonds. The van der Waals surface area contributed by atoms with Crippen molar-refractivity contribution in [1.82, 2.24) is 24.8 Å². The molecule has 12 heteroatoms. The molecular formula is C23H21FN8O2S. The Hall–Kier alpha value is -3.98. The lowest BCUT2D eigenvalue weighted by molar-refractivity contribution is 0.0693. The molecule has 1 saturated heterocycles. The summed E-state index contributed by atoms with van der Waals surface area (Å²) in [5, 5.41) is 20.0. The van der Waals surface area contributed by atoms with Crippen LogP contribution in [0.5, 0.6) is 0 Å². The molecule has 0 spiro atoms. The van der Waals surface area contributed by atoms with Crippen LogP contribution in [0.15, 0.2) is 29.5 Å². The molecule has 10 nitrogen and oxygen atoms in total. The van der Waals surface area contributed by atoms with Crippen LogP contribution in [0.25, 0.3) is 11.4 Å². The maximum atomic E-state index is 14.0. The maximum absolute atomic E-state index is 14.0. The number of anilines is 1. The van der Waals surface area contributed by atoms with Gasteiger partial charge in [-0.05, 0) is 30.7 Å². The van der Waals surface area contributed by atoms with Crippen LogP contribution >= 0.6 is 11.3 Å². The van der Waals surface area contributed by atoms with Gasteiger partial charge < -0.3 is 14.6 Å². The lowest BCUT2D eigenvalue weighted by Crippen LogP contribution is -2.52. The monoisotopic (exact) mass is 492 g/mol. The molecule has 0 N–H and O–H groups in total. The number of hydrazone groups is 1. The Bertz CT molecular complexity index is 1380. The van der Waals surface area contributed by atoms with Crippen LogP contribution in [0.3, 0.4) is 0 Å². The van der Waals surface area contributed by atoms with Crippen LogP contribution in [0, 0.1) is 24.1 Å². The minimum atomic E-state index is -0.498. The fraction of sp³-hybridized carbons (Fsp3) is 0.348. The number of fused-ring (bicyclic) bond motifs is 3. The first-order chi connectivity index (χ1) is 17.0. The lowest BCUT2D eigenvalue weighted by Gasteiger charge is -2.37.